The molecule has 1 aromatic heterocycles. The van der Waals surface area contributed by atoms with Crippen LogP contribution in [-0.2, 0) is 0 Å². The van der Waals surface area contributed by atoms with Crippen LogP contribution in [0.2, 0.25) is 0 Å². The molecule has 1 aromatic rings. The molecule has 1 aliphatic rings. The minimum absolute atomic E-state index is 0.240. The minimum Gasteiger partial charge on any atom is -0.622 e. The zero-order valence-electron chi connectivity index (χ0n) is 12.0. The average Bonchev–Trinajstić information content (AvgIpc) is 2.92. The number of thioether (sulfide) groups is 1. The number of hydroxylamine groups is 1. The van der Waals surface area contributed by atoms with Gasteiger partial charge >= 0.3 is 0 Å². The predicted molar refractivity (Wildman–Crippen MR) is 87.2 cm³/mol. The second-order valence-corrected chi connectivity index (χ2v) is 7.68. The first-order chi connectivity index (χ1) is 9.45. The minimum atomic E-state index is -0.295. The van der Waals surface area contributed by atoms with Crippen LogP contribution in [0.5, 0.6) is 0 Å². The van der Waals surface area contributed by atoms with Gasteiger partial charge in [0.1, 0.15) is 9.07 Å². The van der Waals surface area contributed by atoms with Gasteiger partial charge in [-0.15, -0.1) is 0 Å². The summed E-state index contributed by atoms with van der Waals surface area (Å²) in [5, 5.41) is 12.5. The quantitative estimate of drug-likeness (QED) is 0.274. The molecule has 0 spiro atoms. The van der Waals surface area contributed by atoms with Crippen molar-refractivity contribution < 1.29 is 9.16 Å². The second-order valence-electron chi connectivity index (χ2n) is 5.40. The first-order valence-electron chi connectivity index (χ1n) is 6.79. The Bertz CT molecular complexity index is 497. The fourth-order valence-corrected chi connectivity index (χ4v) is 4.29. The Morgan fingerprint density at radius 1 is 1.60 bits per heavy atom. The van der Waals surface area contributed by atoms with Gasteiger partial charge in [0.05, 0.1) is 6.26 Å². The van der Waals surface area contributed by atoms with Crippen LogP contribution in [0.4, 0.5) is 0 Å². The smallest absolute Gasteiger partial charge is 0.254 e. The summed E-state index contributed by atoms with van der Waals surface area (Å²) in [6.45, 7) is 7.07. The summed E-state index contributed by atoms with van der Waals surface area (Å²) in [4.78, 5) is 2.04. The summed E-state index contributed by atoms with van der Waals surface area (Å²) in [6, 6.07) is 3.54. The molecule has 0 saturated carbocycles. The normalized spacial score (nSPS) is 22.6. The lowest BCUT2D eigenvalue weighted by Gasteiger charge is -2.29. The lowest BCUT2D eigenvalue weighted by molar-refractivity contribution is -0.524. The molecule has 0 radical (unpaired) electrons. The summed E-state index contributed by atoms with van der Waals surface area (Å²) in [5.74, 6) is 0.564. The maximum atomic E-state index is 12.5. The van der Waals surface area contributed by atoms with Crippen molar-refractivity contribution in [3.63, 3.8) is 0 Å². The molecule has 110 valence electrons. The third kappa shape index (κ3) is 3.17. The number of unbranched alkanes of at least 4 members (excludes halogenated alkanes) is 1. The number of nitrogens with zero attached hydrogens (tertiary/aromatic N) is 2. The van der Waals surface area contributed by atoms with Crippen LogP contribution in [0, 0.1) is 5.21 Å². The highest BCUT2D eigenvalue weighted by atomic mass is 32.2. The van der Waals surface area contributed by atoms with Crippen molar-refractivity contribution >= 4 is 34.5 Å². The third-order valence-electron chi connectivity index (χ3n) is 3.29. The SMILES string of the molecule is CCCCN1C(=S)SC(C)(C)[C@H]1/[N+]([O-])=C/c1ccco1. The van der Waals surface area contributed by atoms with E-state index in [-0.39, 0.29) is 10.9 Å². The standard InChI is InChI=1S/C14H20N2O2S2/c1-4-5-8-15-12(14(2,3)20-13(15)19)16(17)10-11-7-6-9-18-11/h6-7,9-10,12H,4-5,8H2,1-3H3/b16-10-/t12-/m1/s1. The number of hydrogen-bond donors (Lipinski definition) is 0. The van der Waals surface area contributed by atoms with Crippen molar-refractivity contribution in [2.45, 2.75) is 44.5 Å². The molecule has 1 saturated heterocycles. The first kappa shape index (κ1) is 15.4. The van der Waals surface area contributed by atoms with E-state index in [1.807, 2.05) is 4.90 Å². The van der Waals surface area contributed by atoms with Gasteiger partial charge < -0.3 is 9.62 Å². The highest BCUT2D eigenvalue weighted by molar-refractivity contribution is 8.24. The number of rotatable bonds is 5. The number of hydrogen-bond acceptors (Lipinski definition) is 4. The Morgan fingerprint density at radius 3 is 2.95 bits per heavy atom. The zero-order valence-corrected chi connectivity index (χ0v) is 13.7. The monoisotopic (exact) mass is 312 g/mol. The zero-order chi connectivity index (χ0) is 14.8. The molecule has 20 heavy (non-hydrogen) atoms. The molecule has 0 amide bonds. The maximum absolute atomic E-state index is 12.5. The molecule has 0 aliphatic carbocycles. The van der Waals surface area contributed by atoms with Crippen molar-refractivity contribution in [2.24, 2.45) is 0 Å². The Morgan fingerprint density at radius 2 is 2.35 bits per heavy atom. The third-order valence-corrected chi connectivity index (χ3v) is 4.92. The summed E-state index contributed by atoms with van der Waals surface area (Å²) in [6.07, 6.45) is 4.88. The van der Waals surface area contributed by atoms with E-state index in [4.69, 9.17) is 16.6 Å². The molecule has 1 fully saturated rings. The van der Waals surface area contributed by atoms with Crippen molar-refractivity contribution in [1.29, 1.82) is 0 Å². The van der Waals surface area contributed by atoms with Crippen LogP contribution in [-0.4, -0.2) is 37.6 Å². The summed E-state index contributed by atoms with van der Waals surface area (Å²) >= 11 is 7.03. The number of furan rings is 1. The molecule has 0 unspecified atom stereocenters. The molecule has 6 heteroatoms. The van der Waals surface area contributed by atoms with E-state index in [0.717, 1.165) is 28.4 Å². The fourth-order valence-electron chi connectivity index (χ4n) is 2.36. The van der Waals surface area contributed by atoms with E-state index < -0.39 is 0 Å². The summed E-state index contributed by atoms with van der Waals surface area (Å²) in [7, 11) is 0. The van der Waals surface area contributed by atoms with Gasteiger partial charge in [-0.2, -0.15) is 4.74 Å². The molecule has 0 bridgehead atoms. The summed E-state index contributed by atoms with van der Waals surface area (Å²) in [5.41, 5.74) is 0. The largest absolute Gasteiger partial charge is 0.622 e. The van der Waals surface area contributed by atoms with E-state index in [2.05, 4.69) is 20.8 Å². The average molecular weight is 312 g/mol. The van der Waals surface area contributed by atoms with Gasteiger partial charge in [-0.05, 0) is 32.4 Å². The van der Waals surface area contributed by atoms with Gasteiger partial charge in [0.2, 0.25) is 6.21 Å². The van der Waals surface area contributed by atoms with Crippen LogP contribution in [0.25, 0.3) is 0 Å². The van der Waals surface area contributed by atoms with Crippen LogP contribution < -0.4 is 0 Å². The molecule has 4 nitrogen and oxygen atoms in total. The Balaban J connectivity index is 2.26. The number of thiocarbonyl (C=S) groups is 1. The van der Waals surface area contributed by atoms with Crippen molar-refractivity contribution in [3.05, 3.63) is 29.4 Å². The van der Waals surface area contributed by atoms with Gasteiger partial charge in [-0.1, -0.05) is 37.3 Å². The predicted octanol–water partition coefficient (Wildman–Crippen LogP) is 3.45. The molecule has 1 aliphatic heterocycles. The molecule has 0 N–H and O–H groups in total. The van der Waals surface area contributed by atoms with E-state index >= 15 is 0 Å². The van der Waals surface area contributed by atoms with Crippen molar-refractivity contribution in [3.8, 4) is 0 Å². The van der Waals surface area contributed by atoms with Gasteiger partial charge in [0.25, 0.3) is 6.17 Å². The van der Waals surface area contributed by atoms with E-state index in [9.17, 15) is 5.21 Å². The fraction of sp³-hybridized carbons (Fsp3) is 0.571. The Kier molecular flexibility index (Phi) is 4.75. The maximum Gasteiger partial charge on any atom is 0.254 e. The topological polar surface area (TPSA) is 42.5 Å². The highest BCUT2D eigenvalue weighted by Crippen LogP contribution is 2.41. The molecule has 1 atom stereocenters. The van der Waals surface area contributed by atoms with Gasteiger partial charge in [0.15, 0.2) is 5.76 Å². The highest BCUT2D eigenvalue weighted by Gasteiger charge is 2.50. The molecular formula is C14H20N2O2S2. The summed E-state index contributed by atoms with van der Waals surface area (Å²) < 4.78 is 6.76. The molecule has 0 aromatic carbocycles. The first-order valence-corrected chi connectivity index (χ1v) is 8.01. The van der Waals surface area contributed by atoms with Gasteiger partial charge in [-0.25, -0.2) is 0 Å². The Hall–Kier alpha value is -1.01. The van der Waals surface area contributed by atoms with Crippen LogP contribution in [0.15, 0.2) is 22.8 Å². The lowest BCUT2D eigenvalue weighted by Crippen LogP contribution is -2.48. The van der Waals surface area contributed by atoms with E-state index in [1.54, 1.807) is 30.2 Å². The Labute approximate surface area is 129 Å². The van der Waals surface area contributed by atoms with Gasteiger partial charge in [0, 0.05) is 6.54 Å². The molecular weight excluding hydrogens is 292 g/mol. The molecule has 2 heterocycles. The van der Waals surface area contributed by atoms with E-state index in [1.165, 1.54) is 6.21 Å². The lowest BCUT2D eigenvalue weighted by atomic mass is 10.1. The van der Waals surface area contributed by atoms with Crippen molar-refractivity contribution in [1.82, 2.24) is 4.90 Å². The molecule has 2 rings (SSSR count). The van der Waals surface area contributed by atoms with Crippen LogP contribution in [0.3, 0.4) is 0 Å². The van der Waals surface area contributed by atoms with E-state index in [0.29, 0.717) is 5.76 Å². The second kappa shape index (κ2) is 6.18. The van der Waals surface area contributed by atoms with Crippen LogP contribution >= 0.6 is 24.0 Å². The van der Waals surface area contributed by atoms with Gasteiger partial charge in [-0.3, -0.25) is 4.90 Å². The van der Waals surface area contributed by atoms with Crippen LogP contribution in [0.1, 0.15) is 39.4 Å². The van der Waals surface area contributed by atoms with Crippen molar-refractivity contribution in [2.75, 3.05) is 6.54 Å².